The summed E-state index contributed by atoms with van der Waals surface area (Å²) in [6, 6.07) is 7.03. The number of likely N-dealkylation sites (tertiary alicyclic amines) is 1. The van der Waals surface area contributed by atoms with E-state index in [9.17, 15) is 4.79 Å². The molecule has 4 nitrogen and oxygen atoms in total. The Morgan fingerprint density at radius 2 is 1.79 bits per heavy atom. The molecule has 2 aliphatic heterocycles. The first-order valence-electron chi connectivity index (χ1n) is 9.23. The molecule has 132 valence electrons. The zero-order chi connectivity index (χ0) is 17.2. The molecule has 1 N–H and O–H groups in total. The maximum absolute atomic E-state index is 12.2. The Balaban J connectivity index is 1.61. The number of nitrogens with one attached hydrogen (secondary N) is 1. The van der Waals surface area contributed by atoms with Crippen LogP contribution in [0.5, 0.6) is 0 Å². The molecule has 0 unspecified atom stereocenters. The summed E-state index contributed by atoms with van der Waals surface area (Å²) in [5.41, 5.74) is 4.03. The third-order valence-electron chi connectivity index (χ3n) is 4.99. The van der Waals surface area contributed by atoms with Gasteiger partial charge in [0.1, 0.15) is 5.60 Å². The van der Waals surface area contributed by atoms with Gasteiger partial charge in [0.25, 0.3) is 0 Å². The second-order valence-corrected chi connectivity index (χ2v) is 8.02. The van der Waals surface area contributed by atoms with E-state index in [0.29, 0.717) is 5.92 Å². The number of carbonyl (C=O) groups excluding carboxylic acids is 1. The molecule has 1 amide bonds. The van der Waals surface area contributed by atoms with Crippen LogP contribution in [-0.4, -0.2) is 42.8 Å². The van der Waals surface area contributed by atoms with E-state index in [1.54, 1.807) is 0 Å². The molecule has 0 atom stereocenters. The van der Waals surface area contributed by atoms with Gasteiger partial charge >= 0.3 is 6.09 Å². The molecule has 4 heteroatoms. The fraction of sp³-hybridized carbons (Fsp3) is 0.650. The Morgan fingerprint density at radius 3 is 2.46 bits per heavy atom. The first-order valence-corrected chi connectivity index (χ1v) is 9.23. The van der Waals surface area contributed by atoms with Crippen LogP contribution in [-0.2, 0) is 17.6 Å². The fourth-order valence-corrected chi connectivity index (χ4v) is 3.67. The fourth-order valence-electron chi connectivity index (χ4n) is 3.67. The van der Waals surface area contributed by atoms with Gasteiger partial charge in [-0.25, -0.2) is 4.79 Å². The first-order chi connectivity index (χ1) is 11.4. The maximum atomic E-state index is 12.2. The number of rotatable bonds is 1. The number of benzene rings is 1. The van der Waals surface area contributed by atoms with Gasteiger partial charge in [0.2, 0.25) is 0 Å². The zero-order valence-corrected chi connectivity index (χ0v) is 15.2. The molecule has 0 saturated carbocycles. The standard InChI is InChI=1S/C20H30N2O2/c1-20(2,3)24-19(23)22-12-8-16(9-13-22)17-5-4-15-6-10-21-11-7-18(15)14-17/h4-5,14,16,21H,6-13H2,1-3H3. The molecule has 0 spiro atoms. The lowest BCUT2D eigenvalue weighted by atomic mass is 9.87. The average molecular weight is 330 g/mol. The third kappa shape index (κ3) is 4.29. The van der Waals surface area contributed by atoms with Crippen molar-refractivity contribution in [3.05, 3.63) is 34.9 Å². The highest BCUT2D eigenvalue weighted by Crippen LogP contribution is 2.30. The molecule has 0 aliphatic carbocycles. The normalized spacial score (nSPS) is 19.5. The van der Waals surface area contributed by atoms with Crippen molar-refractivity contribution in [2.24, 2.45) is 0 Å². The van der Waals surface area contributed by atoms with Crippen LogP contribution in [0.15, 0.2) is 18.2 Å². The number of ether oxygens (including phenoxy) is 1. The topological polar surface area (TPSA) is 41.6 Å². The summed E-state index contributed by atoms with van der Waals surface area (Å²) in [6.07, 6.45) is 4.13. The Labute approximate surface area is 145 Å². The minimum atomic E-state index is -0.418. The van der Waals surface area contributed by atoms with Gasteiger partial charge in [-0.3, -0.25) is 0 Å². The van der Waals surface area contributed by atoms with Gasteiger partial charge in [-0.15, -0.1) is 0 Å². The predicted octanol–water partition coefficient (Wildman–Crippen LogP) is 3.49. The Kier molecular flexibility index (Phi) is 5.14. The second kappa shape index (κ2) is 7.14. The molecule has 1 aromatic carbocycles. The van der Waals surface area contributed by atoms with Crippen LogP contribution >= 0.6 is 0 Å². The molecule has 2 heterocycles. The average Bonchev–Trinajstić information content (AvgIpc) is 2.78. The highest BCUT2D eigenvalue weighted by atomic mass is 16.6. The van der Waals surface area contributed by atoms with Crippen LogP contribution < -0.4 is 5.32 Å². The van der Waals surface area contributed by atoms with E-state index in [-0.39, 0.29) is 6.09 Å². The second-order valence-electron chi connectivity index (χ2n) is 8.02. The van der Waals surface area contributed by atoms with E-state index in [1.807, 2.05) is 25.7 Å². The highest BCUT2D eigenvalue weighted by Gasteiger charge is 2.27. The quantitative estimate of drug-likeness (QED) is 0.857. The number of nitrogens with zero attached hydrogens (tertiary/aromatic N) is 1. The van der Waals surface area contributed by atoms with Crippen LogP contribution in [0.2, 0.25) is 0 Å². The van der Waals surface area contributed by atoms with Gasteiger partial charge in [-0.05, 0) is 82.2 Å². The monoisotopic (exact) mass is 330 g/mol. The van der Waals surface area contributed by atoms with Crippen molar-refractivity contribution < 1.29 is 9.53 Å². The molecule has 3 rings (SSSR count). The molecule has 24 heavy (non-hydrogen) atoms. The van der Waals surface area contributed by atoms with Gasteiger partial charge in [-0.2, -0.15) is 0 Å². The van der Waals surface area contributed by atoms with Crippen molar-refractivity contribution >= 4 is 6.09 Å². The first kappa shape index (κ1) is 17.3. The molecule has 1 aromatic rings. The lowest BCUT2D eigenvalue weighted by molar-refractivity contribution is 0.0205. The summed E-state index contributed by atoms with van der Waals surface area (Å²) in [7, 11) is 0. The number of piperidine rings is 1. The van der Waals surface area contributed by atoms with Gasteiger partial charge < -0.3 is 15.0 Å². The summed E-state index contributed by atoms with van der Waals surface area (Å²) in [4.78, 5) is 14.0. The van der Waals surface area contributed by atoms with Crippen LogP contribution in [0, 0.1) is 0 Å². The number of fused-ring (bicyclic) bond motifs is 1. The third-order valence-corrected chi connectivity index (χ3v) is 4.99. The van der Waals surface area contributed by atoms with Gasteiger partial charge in [0, 0.05) is 13.1 Å². The summed E-state index contributed by atoms with van der Waals surface area (Å²) in [5.74, 6) is 0.560. The molecule has 0 aromatic heterocycles. The Hall–Kier alpha value is -1.55. The molecular weight excluding hydrogens is 300 g/mol. The Bertz CT molecular complexity index is 584. The Morgan fingerprint density at radius 1 is 1.12 bits per heavy atom. The predicted molar refractivity (Wildman–Crippen MR) is 96.5 cm³/mol. The summed E-state index contributed by atoms with van der Waals surface area (Å²) in [6.45, 7) is 9.50. The lowest BCUT2D eigenvalue weighted by Crippen LogP contribution is -2.41. The van der Waals surface area contributed by atoms with Crippen LogP contribution in [0.25, 0.3) is 0 Å². The van der Waals surface area contributed by atoms with Crippen molar-refractivity contribution in [1.29, 1.82) is 0 Å². The molecule has 1 fully saturated rings. The van der Waals surface area contributed by atoms with Crippen molar-refractivity contribution in [1.82, 2.24) is 10.2 Å². The van der Waals surface area contributed by atoms with Crippen LogP contribution in [0.4, 0.5) is 4.79 Å². The van der Waals surface area contributed by atoms with Gasteiger partial charge in [0.05, 0.1) is 0 Å². The smallest absolute Gasteiger partial charge is 0.410 e. The zero-order valence-electron chi connectivity index (χ0n) is 15.2. The van der Waals surface area contributed by atoms with Crippen LogP contribution in [0.3, 0.4) is 0 Å². The van der Waals surface area contributed by atoms with E-state index < -0.39 is 5.60 Å². The van der Waals surface area contributed by atoms with E-state index in [1.165, 1.54) is 16.7 Å². The molecule has 2 aliphatic rings. The number of hydrogen-bond acceptors (Lipinski definition) is 3. The molecule has 0 bridgehead atoms. The van der Waals surface area contributed by atoms with Crippen LogP contribution in [0.1, 0.15) is 56.2 Å². The number of hydrogen-bond donors (Lipinski definition) is 1. The highest BCUT2D eigenvalue weighted by molar-refractivity contribution is 5.68. The van der Waals surface area contributed by atoms with Crippen molar-refractivity contribution in [3.63, 3.8) is 0 Å². The number of amides is 1. The van der Waals surface area contributed by atoms with E-state index in [0.717, 1.165) is 51.9 Å². The minimum Gasteiger partial charge on any atom is -0.444 e. The van der Waals surface area contributed by atoms with E-state index >= 15 is 0 Å². The van der Waals surface area contributed by atoms with Crippen molar-refractivity contribution in [2.75, 3.05) is 26.2 Å². The van der Waals surface area contributed by atoms with Gasteiger partial charge in [-0.1, -0.05) is 18.2 Å². The maximum Gasteiger partial charge on any atom is 0.410 e. The molecule has 1 saturated heterocycles. The van der Waals surface area contributed by atoms with Crippen molar-refractivity contribution in [2.45, 2.75) is 58.0 Å². The van der Waals surface area contributed by atoms with E-state index in [4.69, 9.17) is 4.74 Å². The SMILES string of the molecule is CC(C)(C)OC(=O)N1CCC(c2ccc3c(c2)CCNCC3)CC1. The molecule has 0 radical (unpaired) electrons. The minimum absolute atomic E-state index is 0.172. The van der Waals surface area contributed by atoms with Gasteiger partial charge in [0.15, 0.2) is 0 Å². The molecular formula is C20H30N2O2. The number of carbonyl (C=O) groups is 1. The summed E-state index contributed by atoms with van der Waals surface area (Å²) in [5, 5.41) is 3.47. The summed E-state index contributed by atoms with van der Waals surface area (Å²) >= 11 is 0. The largest absolute Gasteiger partial charge is 0.444 e. The lowest BCUT2D eigenvalue weighted by Gasteiger charge is -2.33. The summed E-state index contributed by atoms with van der Waals surface area (Å²) < 4.78 is 5.49. The van der Waals surface area contributed by atoms with E-state index in [2.05, 4.69) is 23.5 Å². The van der Waals surface area contributed by atoms with Crippen molar-refractivity contribution in [3.8, 4) is 0 Å².